The molecule has 2 atom stereocenters. The van der Waals surface area contributed by atoms with E-state index in [0.717, 1.165) is 28.2 Å². The molecule has 1 unspecified atom stereocenters. The molecule has 2 aromatic carbocycles. The van der Waals surface area contributed by atoms with Gasteiger partial charge in [0, 0.05) is 23.7 Å². The quantitative estimate of drug-likeness (QED) is 0.802. The highest BCUT2D eigenvalue weighted by molar-refractivity contribution is 5.91. The van der Waals surface area contributed by atoms with E-state index < -0.39 is 17.7 Å². The third-order valence-corrected chi connectivity index (χ3v) is 4.53. The number of carbonyl (C=O) groups is 2. The predicted molar refractivity (Wildman–Crippen MR) is 90.5 cm³/mol. The number of fused-ring (bicyclic) bond motifs is 1. The van der Waals surface area contributed by atoms with Gasteiger partial charge in [-0.1, -0.05) is 24.3 Å². The number of amides is 1. The SMILES string of the molecule is COC(=O)[C@H]1Cc2ccccc2C[NH+]1CC(=O)Nc1ccc(F)c(F)c1. The summed E-state index contributed by atoms with van der Waals surface area (Å²) in [6, 6.07) is 10.4. The largest absolute Gasteiger partial charge is 0.465 e. The Kier molecular flexibility index (Phi) is 5.27. The van der Waals surface area contributed by atoms with Gasteiger partial charge in [0.1, 0.15) is 6.54 Å². The van der Waals surface area contributed by atoms with E-state index in [1.165, 1.54) is 13.2 Å². The Labute approximate surface area is 149 Å². The maximum absolute atomic E-state index is 13.3. The second kappa shape index (κ2) is 7.61. The van der Waals surface area contributed by atoms with Crippen molar-refractivity contribution in [3.63, 3.8) is 0 Å². The minimum Gasteiger partial charge on any atom is -0.465 e. The summed E-state index contributed by atoms with van der Waals surface area (Å²) in [4.78, 5) is 25.2. The normalized spacial score (nSPS) is 18.7. The van der Waals surface area contributed by atoms with Crippen molar-refractivity contribution in [3.8, 4) is 0 Å². The van der Waals surface area contributed by atoms with Gasteiger partial charge in [-0.2, -0.15) is 0 Å². The van der Waals surface area contributed by atoms with Crippen molar-refractivity contribution in [2.75, 3.05) is 19.0 Å². The zero-order valence-corrected chi connectivity index (χ0v) is 14.2. The van der Waals surface area contributed by atoms with Gasteiger partial charge in [0.05, 0.1) is 7.11 Å². The third-order valence-electron chi connectivity index (χ3n) is 4.53. The molecule has 3 rings (SSSR count). The minimum absolute atomic E-state index is 0.00704. The number of hydrogen-bond acceptors (Lipinski definition) is 3. The summed E-state index contributed by atoms with van der Waals surface area (Å²) < 4.78 is 31.1. The molecular formula is C19H19F2N2O3+. The fourth-order valence-corrected chi connectivity index (χ4v) is 3.22. The topological polar surface area (TPSA) is 59.8 Å². The molecule has 5 nitrogen and oxygen atoms in total. The number of quaternary nitrogens is 1. The lowest BCUT2D eigenvalue weighted by molar-refractivity contribution is -0.924. The van der Waals surface area contributed by atoms with Crippen LogP contribution in [0.4, 0.5) is 14.5 Å². The van der Waals surface area contributed by atoms with Gasteiger partial charge in [0.2, 0.25) is 0 Å². The number of methoxy groups -OCH3 is 1. The number of rotatable bonds is 4. The lowest BCUT2D eigenvalue weighted by Crippen LogP contribution is -3.17. The van der Waals surface area contributed by atoms with Crippen LogP contribution < -0.4 is 10.2 Å². The lowest BCUT2D eigenvalue weighted by Gasteiger charge is -2.31. The number of carbonyl (C=O) groups excluding carboxylic acids is 2. The zero-order chi connectivity index (χ0) is 18.7. The second-order valence-corrected chi connectivity index (χ2v) is 6.24. The molecule has 0 spiro atoms. The summed E-state index contributed by atoms with van der Waals surface area (Å²) >= 11 is 0. The van der Waals surface area contributed by atoms with E-state index >= 15 is 0 Å². The van der Waals surface area contributed by atoms with Crippen molar-refractivity contribution in [3.05, 3.63) is 65.2 Å². The molecule has 2 N–H and O–H groups in total. The number of hydrogen-bond donors (Lipinski definition) is 2. The molecule has 1 aliphatic rings. The Morgan fingerprint density at radius 1 is 1.15 bits per heavy atom. The van der Waals surface area contributed by atoms with E-state index in [1.54, 1.807) is 0 Å². The van der Waals surface area contributed by atoms with Gasteiger partial charge in [-0.25, -0.2) is 13.6 Å². The van der Waals surface area contributed by atoms with Crippen LogP contribution in [0.15, 0.2) is 42.5 Å². The Hall–Kier alpha value is -2.80. The van der Waals surface area contributed by atoms with Crippen LogP contribution in [-0.4, -0.2) is 31.6 Å². The van der Waals surface area contributed by atoms with Gasteiger partial charge in [0.25, 0.3) is 5.91 Å². The molecule has 26 heavy (non-hydrogen) atoms. The first-order valence-electron chi connectivity index (χ1n) is 8.22. The van der Waals surface area contributed by atoms with E-state index in [1.807, 2.05) is 24.3 Å². The van der Waals surface area contributed by atoms with Crippen molar-refractivity contribution in [2.45, 2.75) is 19.0 Å². The monoisotopic (exact) mass is 361 g/mol. The number of benzene rings is 2. The summed E-state index contributed by atoms with van der Waals surface area (Å²) in [5.74, 6) is -2.78. The van der Waals surface area contributed by atoms with E-state index in [2.05, 4.69) is 5.32 Å². The van der Waals surface area contributed by atoms with Crippen molar-refractivity contribution in [1.29, 1.82) is 0 Å². The van der Waals surface area contributed by atoms with E-state index in [0.29, 0.717) is 13.0 Å². The molecule has 0 bridgehead atoms. The molecule has 0 aliphatic carbocycles. The van der Waals surface area contributed by atoms with Crippen LogP contribution in [0.1, 0.15) is 11.1 Å². The molecule has 1 heterocycles. The Morgan fingerprint density at radius 2 is 1.88 bits per heavy atom. The molecule has 1 aliphatic heterocycles. The summed E-state index contributed by atoms with van der Waals surface area (Å²) in [6.07, 6.45) is 0.483. The van der Waals surface area contributed by atoms with Crippen LogP contribution in [0, 0.1) is 11.6 Å². The summed E-state index contributed by atoms with van der Waals surface area (Å²) in [5.41, 5.74) is 2.30. The average Bonchev–Trinajstić information content (AvgIpc) is 2.63. The molecule has 0 aromatic heterocycles. The average molecular weight is 361 g/mol. The number of nitrogens with one attached hydrogen (secondary N) is 2. The highest BCUT2D eigenvalue weighted by Gasteiger charge is 2.37. The van der Waals surface area contributed by atoms with Crippen LogP contribution in [0.3, 0.4) is 0 Å². The smallest absolute Gasteiger partial charge is 0.365 e. The second-order valence-electron chi connectivity index (χ2n) is 6.24. The van der Waals surface area contributed by atoms with Gasteiger partial charge in [0.15, 0.2) is 24.2 Å². The molecule has 0 radical (unpaired) electrons. The Morgan fingerprint density at radius 3 is 2.58 bits per heavy atom. The van der Waals surface area contributed by atoms with Crippen LogP contribution in [0.5, 0.6) is 0 Å². The first kappa shape index (κ1) is 18.0. The summed E-state index contributed by atoms with van der Waals surface area (Å²) in [5, 5.41) is 2.54. The Bertz CT molecular complexity index is 841. The van der Waals surface area contributed by atoms with Gasteiger partial charge in [-0.05, 0) is 17.7 Å². The van der Waals surface area contributed by atoms with E-state index in [4.69, 9.17) is 4.74 Å². The van der Waals surface area contributed by atoms with Crippen LogP contribution in [-0.2, 0) is 27.3 Å². The molecular weight excluding hydrogens is 342 g/mol. The molecule has 0 saturated carbocycles. The summed E-state index contributed by atoms with van der Waals surface area (Å²) in [7, 11) is 1.32. The van der Waals surface area contributed by atoms with E-state index in [-0.39, 0.29) is 24.1 Å². The van der Waals surface area contributed by atoms with Gasteiger partial charge >= 0.3 is 5.97 Å². The van der Waals surface area contributed by atoms with Crippen LogP contribution in [0.25, 0.3) is 0 Å². The maximum atomic E-state index is 13.3. The first-order chi connectivity index (χ1) is 12.5. The fourth-order valence-electron chi connectivity index (χ4n) is 3.22. The van der Waals surface area contributed by atoms with E-state index in [9.17, 15) is 18.4 Å². The zero-order valence-electron chi connectivity index (χ0n) is 14.2. The number of esters is 1. The highest BCUT2D eigenvalue weighted by atomic mass is 19.2. The number of ether oxygens (including phenoxy) is 1. The Balaban J connectivity index is 1.74. The molecule has 7 heteroatoms. The van der Waals surface area contributed by atoms with Crippen molar-refractivity contribution in [1.82, 2.24) is 0 Å². The third kappa shape index (κ3) is 3.88. The van der Waals surface area contributed by atoms with Gasteiger partial charge < -0.3 is 15.0 Å². The van der Waals surface area contributed by atoms with Crippen LogP contribution >= 0.6 is 0 Å². The first-order valence-corrected chi connectivity index (χ1v) is 8.22. The molecule has 0 fully saturated rings. The molecule has 2 aromatic rings. The predicted octanol–water partition coefficient (Wildman–Crippen LogP) is 1.09. The molecule has 1 amide bonds. The summed E-state index contributed by atoms with van der Waals surface area (Å²) in [6.45, 7) is 0.508. The highest BCUT2D eigenvalue weighted by Crippen LogP contribution is 2.15. The van der Waals surface area contributed by atoms with Crippen molar-refractivity contribution >= 4 is 17.6 Å². The van der Waals surface area contributed by atoms with Crippen molar-refractivity contribution < 1.29 is 28.0 Å². The molecule has 136 valence electrons. The standard InChI is InChI=1S/C19H18F2N2O3/c1-26-19(25)17-8-12-4-2-3-5-13(12)10-23(17)11-18(24)22-14-6-7-15(20)16(21)9-14/h2-7,9,17H,8,10-11H2,1H3,(H,22,24)/p+1/t17-/m1/s1. The van der Waals surface area contributed by atoms with Crippen LogP contribution in [0.2, 0.25) is 0 Å². The maximum Gasteiger partial charge on any atom is 0.365 e. The fraction of sp³-hybridized carbons (Fsp3) is 0.263. The minimum atomic E-state index is -1.03. The van der Waals surface area contributed by atoms with Gasteiger partial charge in [-0.15, -0.1) is 0 Å². The molecule has 0 saturated heterocycles. The van der Waals surface area contributed by atoms with Crippen molar-refractivity contribution in [2.24, 2.45) is 0 Å². The number of anilines is 1. The number of halogens is 2. The lowest BCUT2D eigenvalue weighted by atomic mass is 9.94. The van der Waals surface area contributed by atoms with Gasteiger partial charge in [-0.3, -0.25) is 4.79 Å².